The maximum Gasteiger partial charge on any atom is 0.416 e. The smallest absolute Gasteiger partial charge is 0.348 e. The summed E-state index contributed by atoms with van der Waals surface area (Å²) in [6.45, 7) is 5.28. The highest BCUT2D eigenvalue weighted by Gasteiger charge is 2.32. The van der Waals surface area contributed by atoms with E-state index in [4.69, 9.17) is 0 Å². The van der Waals surface area contributed by atoms with Gasteiger partial charge in [-0.3, -0.25) is 15.1 Å². The maximum absolute atomic E-state index is 12.9. The SMILES string of the molecule is CCC(=O)NC1=CN=C[C@](C)(NC(C)c2cccc(C(F)(F)F)c2)N1. The van der Waals surface area contributed by atoms with Crippen LogP contribution >= 0.6 is 0 Å². The number of carbonyl (C=O) groups excluding carboxylic acids is 1. The number of nitrogens with one attached hydrogen (secondary N) is 3. The predicted molar refractivity (Wildman–Crippen MR) is 89.5 cm³/mol. The van der Waals surface area contributed by atoms with Crippen LogP contribution in [0.4, 0.5) is 13.2 Å². The largest absolute Gasteiger partial charge is 0.416 e. The summed E-state index contributed by atoms with van der Waals surface area (Å²) in [6, 6.07) is 4.79. The van der Waals surface area contributed by atoms with Gasteiger partial charge in [-0.05, 0) is 31.5 Å². The van der Waals surface area contributed by atoms with Crippen LogP contribution in [0.5, 0.6) is 0 Å². The summed E-state index contributed by atoms with van der Waals surface area (Å²) in [4.78, 5) is 15.6. The monoisotopic (exact) mass is 354 g/mol. The number of rotatable bonds is 5. The average Bonchev–Trinajstić information content (AvgIpc) is 2.53. The van der Waals surface area contributed by atoms with Crippen LogP contribution in [-0.4, -0.2) is 17.8 Å². The Kier molecular flexibility index (Phi) is 5.52. The number of halogens is 3. The van der Waals surface area contributed by atoms with Crippen molar-refractivity contribution >= 4 is 12.1 Å². The Balaban J connectivity index is 2.10. The lowest BCUT2D eigenvalue weighted by Gasteiger charge is -2.35. The fourth-order valence-electron chi connectivity index (χ4n) is 2.50. The number of hydrogen-bond donors (Lipinski definition) is 3. The molecule has 0 saturated carbocycles. The Morgan fingerprint density at radius 2 is 2.12 bits per heavy atom. The molecule has 3 N–H and O–H groups in total. The van der Waals surface area contributed by atoms with Crippen molar-refractivity contribution in [3.63, 3.8) is 0 Å². The van der Waals surface area contributed by atoms with Crippen molar-refractivity contribution in [3.05, 3.63) is 47.4 Å². The van der Waals surface area contributed by atoms with Crippen molar-refractivity contribution < 1.29 is 18.0 Å². The summed E-state index contributed by atoms with van der Waals surface area (Å²) in [7, 11) is 0. The molecule has 8 heteroatoms. The molecule has 1 unspecified atom stereocenters. The van der Waals surface area contributed by atoms with Gasteiger partial charge in [0.25, 0.3) is 0 Å². The molecule has 1 aromatic rings. The summed E-state index contributed by atoms with van der Waals surface area (Å²) in [6.07, 6.45) is -0.983. The van der Waals surface area contributed by atoms with E-state index in [1.165, 1.54) is 12.3 Å². The average molecular weight is 354 g/mol. The molecule has 1 aliphatic heterocycles. The minimum Gasteiger partial charge on any atom is -0.348 e. The number of benzene rings is 1. The van der Waals surface area contributed by atoms with Crippen LogP contribution in [0.3, 0.4) is 0 Å². The first kappa shape index (κ1) is 19.0. The number of hydrogen-bond acceptors (Lipinski definition) is 4. The van der Waals surface area contributed by atoms with E-state index in [1.807, 2.05) is 0 Å². The van der Waals surface area contributed by atoms with Crippen LogP contribution < -0.4 is 16.0 Å². The Hall–Kier alpha value is -2.35. The van der Waals surface area contributed by atoms with Crippen LogP contribution in [-0.2, 0) is 11.0 Å². The molecule has 2 rings (SSSR count). The lowest BCUT2D eigenvalue weighted by atomic mass is 10.0. The van der Waals surface area contributed by atoms with E-state index in [0.29, 0.717) is 17.8 Å². The van der Waals surface area contributed by atoms with Crippen LogP contribution in [0.2, 0.25) is 0 Å². The first-order valence-electron chi connectivity index (χ1n) is 7.90. The zero-order chi connectivity index (χ0) is 18.7. The third kappa shape index (κ3) is 5.06. The Bertz CT molecular complexity index is 699. The molecule has 136 valence electrons. The zero-order valence-corrected chi connectivity index (χ0v) is 14.2. The molecule has 0 saturated heterocycles. The second-order valence-electron chi connectivity index (χ2n) is 6.04. The predicted octanol–water partition coefficient (Wildman–Crippen LogP) is 3.07. The summed E-state index contributed by atoms with van der Waals surface area (Å²) in [5, 5.41) is 8.95. The van der Waals surface area contributed by atoms with Crippen molar-refractivity contribution in [1.82, 2.24) is 16.0 Å². The number of alkyl halides is 3. The molecule has 0 spiro atoms. The van der Waals surface area contributed by atoms with E-state index < -0.39 is 17.4 Å². The molecule has 2 atom stereocenters. The summed E-state index contributed by atoms with van der Waals surface area (Å²) in [5.74, 6) is 0.268. The number of amides is 1. The summed E-state index contributed by atoms with van der Waals surface area (Å²) < 4.78 is 38.6. The molecule has 1 heterocycles. The molecule has 5 nitrogen and oxygen atoms in total. The van der Waals surface area contributed by atoms with Gasteiger partial charge in [-0.15, -0.1) is 0 Å². The van der Waals surface area contributed by atoms with Gasteiger partial charge in [-0.25, -0.2) is 0 Å². The molecule has 1 aromatic carbocycles. The van der Waals surface area contributed by atoms with Crippen molar-refractivity contribution in [2.75, 3.05) is 0 Å². The number of aliphatic imine (C=N–C) groups is 1. The number of carbonyl (C=O) groups is 1. The molecular formula is C17H21F3N4O. The van der Waals surface area contributed by atoms with Gasteiger partial charge in [0.2, 0.25) is 5.91 Å². The van der Waals surface area contributed by atoms with Gasteiger partial charge in [0, 0.05) is 18.7 Å². The molecule has 0 aromatic heterocycles. The Morgan fingerprint density at radius 1 is 1.40 bits per heavy atom. The van der Waals surface area contributed by atoms with Gasteiger partial charge < -0.3 is 10.6 Å². The number of nitrogens with zero attached hydrogens (tertiary/aromatic N) is 1. The fourth-order valence-corrected chi connectivity index (χ4v) is 2.50. The minimum absolute atomic E-state index is 0.163. The summed E-state index contributed by atoms with van der Waals surface area (Å²) >= 11 is 0. The molecule has 1 aliphatic rings. The second-order valence-corrected chi connectivity index (χ2v) is 6.04. The lowest BCUT2D eigenvalue weighted by Crippen LogP contribution is -2.59. The highest BCUT2D eigenvalue weighted by Crippen LogP contribution is 2.31. The first-order chi connectivity index (χ1) is 11.6. The lowest BCUT2D eigenvalue weighted by molar-refractivity contribution is -0.137. The van der Waals surface area contributed by atoms with Gasteiger partial charge in [0.15, 0.2) is 0 Å². The first-order valence-corrected chi connectivity index (χ1v) is 7.90. The van der Waals surface area contributed by atoms with Crippen LogP contribution in [0.25, 0.3) is 0 Å². The van der Waals surface area contributed by atoms with Crippen molar-refractivity contribution in [2.24, 2.45) is 4.99 Å². The fraction of sp³-hybridized carbons (Fsp3) is 0.412. The van der Waals surface area contributed by atoms with E-state index in [0.717, 1.165) is 12.1 Å². The highest BCUT2D eigenvalue weighted by molar-refractivity contribution is 5.78. The molecule has 0 fully saturated rings. The van der Waals surface area contributed by atoms with Crippen molar-refractivity contribution in [1.29, 1.82) is 0 Å². The van der Waals surface area contributed by atoms with Crippen molar-refractivity contribution in [2.45, 2.75) is 45.1 Å². The molecule has 1 amide bonds. The molecular weight excluding hydrogens is 333 g/mol. The topological polar surface area (TPSA) is 65.5 Å². The third-order valence-electron chi connectivity index (χ3n) is 3.76. The van der Waals surface area contributed by atoms with E-state index in [9.17, 15) is 18.0 Å². The van der Waals surface area contributed by atoms with Gasteiger partial charge in [0.05, 0.1) is 11.8 Å². The van der Waals surface area contributed by atoms with E-state index in [-0.39, 0.29) is 11.9 Å². The maximum atomic E-state index is 12.9. The van der Waals surface area contributed by atoms with Crippen molar-refractivity contribution in [3.8, 4) is 0 Å². The van der Waals surface area contributed by atoms with Gasteiger partial charge >= 0.3 is 6.18 Å². The standard InChI is InChI=1S/C17H21F3N4O/c1-4-15(25)22-14-9-21-10-16(3,24-14)23-11(2)12-6-5-7-13(8-12)17(18,19)20/h5-11,23-24H,4H2,1-3H3,(H,22,25)/t11?,16-/m1/s1. The summed E-state index contributed by atoms with van der Waals surface area (Å²) in [5.41, 5.74) is -1.01. The van der Waals surface area contributed by atoms with Crippen LogP contribution in [0.1, 0.15) is 44.4 Å². The zero-order valence-electron chi connectivity index (χ0n) is 14.2. The van der Waals surface area contributed by atoms with Crippen LogP contribution in [0.15, 0.2) is 41.3 Å². The van der Waals surface area contributed by atoms with E-state index in [2.05, 4.69) is 20.9 Å². The second kappa shape index (κ2) is 7.26. The normalized spacial score (nSPS) is 21.3. The van der Waals surface area contributed by atoms with Gasteiger partial charge in [-0.1, -0.05) is 19.1 Å². The van der Waals surface area contributed by atoms with Gasteiger partial charge in [0.1, 0.15) is 11.5 Å². The molecule has 0 bridgehead atoms. The van der Waals surface area contributed by atoms with E-state index >= 15 is 0 Å². The third-order valence-corrected chi connectivity index (χ3v) is 3.76. The molecule has 25 heavy (non-hydrogen) atoms. The molecule has 0 radical (unpaired) electrons. The Morgan fingerprint density at radius 3 is 2.76 bits per heavy atom. The quantitative estimate of drug-likeness (QED) is 0.761. The van der Waals surface area contributed by atoms with Crippen LogP contribution in [0, 0.1) is 0 Å². The molecule has 0 aliphatic carbocycles. The van der Waals surface area contributed by atoms with E-state index in [1.54, 1.807) is 33.1 Å². The van der Waals surface area contributed by atoms with Gasteiger partial charge in [-0.2, -0.15) is 13.2 Å². The highest BCUT2D eigenvalue weighted by atomic mass is 19.4. The Labute approximate surface area is 144 Å². The minimum atomic E-state index is -4.38.